The van der Waals surface area contributed by atoms with Crippen LogP contribution in [-0.2, 0) is 6.42 Å². The normalized spacial score (nSPS) is 13.4. The number of benzene rings is 2. The number of carbonyl (C=O) groups is 1. The minimum atomic E-state index is -0.921. The molecular formula is C17H12F2N2O3. The smallest absolute Gasteiger partial charge is 0.271 e. The molecule has 1 aliphatic heterocycles. The summed E-state index contributed by atoms with van der Waals surface area (Å²) < 4.78 is 26.9. The number of fused-ring (bicyclic) bond motifs is 1. The van der Waals surface area contributed by atoms with Crippen molar-refractivity contribution >= 4 is 22.9 Å². The van der Waals surface area contributed by atoms with Crippen molar-refractivity contribution in [2.24, 2.45) is 4.99 Å². The highest BCUT2D eigenvalue weighted by molar-refractivity contribution is 6.15. The van der Waals surface area contributed by atoms with Crippen molar-refractivity contribution in [3.63, 3.8) is 0 Å². The van der Waals surface area contributed by atoms with Crippen LogP contribution in [0.4, 0.5) is 20.2 Å². The second kappa shape index (κ2) is 6.27. The van der Waals surface area contributed by atoms with E-state index >= 15 is 0 Å². The number of ketones is 1. The maximum Gasteiger partial charge on any atom is 0.271 e. The summed E-state index contributed by atoms with van der Waals surface area (Å²) in [4.78, 5) is 26.7. The van der Waals surface area contributed by atoms with Crippen molar-refractivity contribution in [3.05, 3.63) is 69.3 Å². The molecule has 0 fully saturated rings. The third-order valence-corrected chi connectivity index (χ3v) is 3.85. The number of Topliss-reactive ketones (excluding diaryl/α,β-unsaturated/α-hetero) is 1. The lowest BCUT2D eigenvalue weighted by atomic mass is 9.96. The summed E-state index contributed by atoms with van der Waals surface area (Å²) in [5.74, 6) is -2.02. The Hall–Kier alpha value is -2.96. The maximum atomic E-state index is 13.7. The van der Waals surface area contributed by atoms with Gasteiger partial charge in [-0.05, 0) is 30.5 Å². The molecule has 2 aromatic carbocycles. The molecule has 0 unspecified atom stereocenters. The van der Waals surface area contributed by atoms with E-state index in [2.05, 4.69) is 4.99 Å². The summed E-state index contributed by atoms with van der Waals surface area (Å²) in [7, 11) is 0. The van der Waals surface area contributed by atoms with E-state index < -0.39 is 16.6 Å². The first-order chi connectivity index (χ1) is 11.5. The van der Waals surface area contributed by atoms with Crippen LogP contribution < -0.4 is 0 Å². The van der Waals surface area contributed by atoms with Gasteiger partial charge in [0.2, 0.25) is 0 Å². The van der Waals surface area contributed by atoms with Gasteiger partial charge in [0.15, 0.2) is 17.4 Å². The molecule has 0 amide bonds. The van der Waals surface area contributed by atoms with E-state index in [1.165, 1.54) is 30.3 Å². The zero-order valence-corrected chi connectivity index (χ0v) is 12.5. The van der Waals surface area contributed by atoms with Gasteiger partial charge in [0.05, 0.1) is 10.6 Å². The van der Waals surface area contributed by atoms with Crippen LogP contribution in [0.3, 0.4) is 0 Å². The number of aryl methyl sites for hydroxylation is 1. The molecule has 3 rings (SSSR count). The van der Waals surface area contributed by atoms with Crippen LogP contribution in [0.5, 0.6) is 0 Å². The number of nitro groups is 1. The minimum Gasteiger partial charge on any atom is -0.294 e. The first kappa shape index (κ1) is 15.9. The number of hydrogen-bond donors (Lipinski definition) is 0. The van der Waals surface area contributed by atoms with Crippen LogP contribution in [0.25, 0.3) is 0 Å². The highest BCUT2D eigenvalue weighted by Crippen LogP contribution is 2.30. The van der Waals surface area contributed by atoms with Gasteiger partial charge in [0, 0.05) is 29.8 Å². The summed E-state index contributed by atoms with van der Waals surface area (Å²) >= 11 is 0. The Labute approximate surface area is 135 Å². The van der Waals surface area contributed by atoms with Gasteiger partial charge in [0.1, 0.15) is 0 Å². The number of nitro benzene ring substituents is 1. The monoisotopic (exact) mass is 330 g/mol. The first-order valence-corrected chi connectivity index (χ1v) is 7.26. The number of rotatable bonds is 4. The molecule has 0 bridgehead atoms. The molecule has 7 heteroatoms. The highest BCUT2D eigenvalue weighted by Gasteiger charge is 2.22. The third kappa shape index (κ3) is 3.05. The number of hydrogen-bond acceptors (Lipinski definition) is 4. The number of non-ortho nitro benzene ring substituents is 1. The fourth-order valence-corrected chi connectivity index (χ4v) is 2.62. The van der Waals surface area contributed by atoms with Gasteiger partial charge in [-0.2, -0.15) is 0 Å². The van der Waals surface area contributed by atoms with Gasteiger partial charge >= 0.3 is 0 Å². The quantitative estimate of drug-likeness (QED) is 0.624. The molecule has 0 N–H and O–H groups in total. The van der Waals surface area contributed by atoms with Crippen LogP contribution in [-0.4, -0.2) is 16.4 Å². The molecule has 0 saturated heterocycles. The Morgan fingerprint density at radius 2 is 1.96 bits per heavy atom. The summed E-state index contributed by atoms with van der Waals surface area (Å²) in [6, 6.07) is 7.83. The Balaban J connectivity index is 1.84. The number of nitrogens with zero attached hydrogens (tertiary/aromatic N) is 2. The molecule has 0 aromatic heterocycles. The summed E-state index contributed by atoms with van der Waals surface area (Å²) in [6.07, 6.45) is 0.538. The van der Waals surface area contributed by atoms with E-state index in [-0.39, 0.29) is 42.0 Å². The molecule has 0 aliphatic carbocycles. The average Bonchev–Trinajstić information content (AvgIpc) is 2.55. The van der Waals surface area contributed by atoms with E-state index in [1.807, 2.05) is 0 Å². The van der Waals surface area contributed by atoms with Crippen molar-refractivity contribution in [2.75, 3.05) is 0 Å². The minimum absolute atomic E-state index is 0.0712. The highest BCUT2D eigenvalue weighted by atomic mass is 19.2. The van der Waals surface area contributed by atoms with Crippen LogP contribution in [0.15, 0.2) is 41.4 Å². The summed E-state index contributed by atoms with van der Waals surface area (Å²) in [5.41, 5.74) is 1.13. The summed E-state index contributed by atoms with van der Waals surface area (Å²) in [6.45, 7) is 0. The first-order valence-electron chi connectivity index (χ1n) is 7.26. The van der Waals surface area contributed by atoms with Crippen LogP contribution in [0, 0.1) is 21.7 Å². The van der Waals surface area contributed by atoms with Crippen LogP contribution in [0.1, 0.15) is 28.8 Å². The second-order valence-electron chi connectivity index (χ2n) is 5.45. The predicted octanol–water partition coefficient (Wildman–Crippen LogP) is 4.16. The lowest BCUT2D eigenvalue weighted by Crippen LogP contribution is -2.14. The van der Waals surface area contributed by atoms with Gasteiger partial charge < -0.3 is 0 Å². The number of carbonyl (C=O) groups excluding carboxylic acids is 1. The van der Waals surface area contributed by atoms with E-state index in [0.29, 0.717) is 11.3 Å². The van der Waals surface area contributed by atoms with Crippen molar-refractivity contribution < 1.29 is 18.5 Å². The van der Waals surface area contributed by atoms with Gasteiger partial charge in [-0.15, -0.1) is 0 Å². The van der Waals surface area contributed by atoms with E-state index in [0.717, 1.165) is 6.07 Å². The second-order valence-corrected chi connectivity index (χ2v) is 5.45. The average molecular weight is 330 g/mol. The zero-order valence-electron chi connectivity index (χ0n) is 12.5. The molecular weight excluding hydrogens is 318 g/mol. The predicted molar refractivity (Wildman–Crippen MR) is 83.8 cm³/mol. The molecule has 0 atom stereocenters. The molecule has 0 radical (unpaired) electrons. The molecule has 122 valence electrons. The molecule has 0 spiro atoms. The van der Waals surface area contributed by atoms with Crippen molar-refractivity contribution in [2.45, 2.75) is 19.3 Å². The van der Waals surface area contributed by atoms with Crippen molar-refractivity contribution in [1.82, 2.24) is 0 Å². The van der Waals surface area contributed by atoms with E-state index in [4.69, 9.17) is 0 Å². The maximum absolute atomic E-state index is 13.7. The standard InChI is InChI=1S/C17H12F2N2O3/c18-14-3-1-2-10(17(14)19)4-5-11-8-16(22)13-7-6-12(21(23)24)9-15(13)20-11/h1-3,6-7,9H,4-5,8H2. The van der Waals surface area contributed by atoms with Crippen LogP contribution >= 0.6 is 0 Å². The third-order valence-electron chi connectivity index (χ3n) is 3.85. The molecule has 24 heavy (non-hydrogen) atoms. The molecule has 0 saturated carbocycles. The molecule has 5 nitrogen and oxygen atoms in total. The van der Waals surface area contributed by atoms with Crippen molar-refractivity contribution in [3.8, 4) is 0 Å². The lowest BCUT2D eigenvalue weighted by molar-refractivity contribution is -0.384. The number of halogens is 2. The fraction of sp³-hybridized carbons (Fsp3) is 0.176. The van der Waals surface area contributed by atoms with E-state index in [1.54, 1.807) is 0 Å². The largest absolute Gasteiger partial charge is 0.294 e. The lowest BCUT2D eigenvalue weighted by Gasteiger charge is -2.14. The van der Waals surface area contributed by atoms with Crippen LogP contribution in [0.2, 0.25) is 0 Å². The fourth-order valence-electron chi connectivity index (χ4n) is 2.62. The van der Waals surface area contributed by atoms with E-state index in [9.17, 15) is 23.7 Å². The Morgan fingerprint density at radius 1 is 1.17 bits per heavy atom. The van der Waals surface area contributed by atoms with Gasteiger partial charge in [-0.3, -0.25) is 19.9 Å². The number of aliphatic imine (C=N–C) groups is 1. The Morgan fingerprint density at radius 3 is 2.71 bits per heavy atom. The van der Waals surface area contributed by atoms with Gasteiger partial charge in [-0.25, -0.2) is 8.78 Å². The molecule has 2 aromatic rings. The van der Waals surface area contributed by atoms with Gasteiger partial charge in [-0.1, -0.05) is 12.1 Å². The Bertz CT molecular complexity index is 878. The Kier molecular flexibility index (Phi) is 4.16. The molecule has 1 heterocycles. The van der Waals surface area contributed by atoms with Crippen molar-refractivity contribution in [1.29, 1.82) is 0 Å². The van der Waals surface area contributed by atoms with Gasteiger partial charge in [0.25, 0.3) is 5.69 Å². The molecule has 1 aliphatic rings. The topological polar surface area (TPSA) is 72.6 Å². The summed E-state index contributed by atoms with van der Waals surface area (Å²) in [5, 5.41) is 10.8. The zero-order chi connectivity index (χ0) is 17.3. The SMILES string of the molecule is O=C1CC(CCc2cccc(F)c2F)=Nc2cc([N+](=O)[O-])ccc21.